The third-order valence-electron chi connectivity index (χ3n) is 4.37. The van der Waals surface area contributed by atoms with Crippen LogP contribution in [0.2, 0.25) is 10.0 Å². The summed E-state index contributed by atoms with van der Waals surface area (Å²) >= 11 is 14.0. The molecule has 0 aliphatic heterocycles. The van der Waals surface area contributed by atoms with Gasteiger partial charge in [-0.1, -0.05) is 53.2 Å². The van der Waals surface area contributed by atoms with Crippen molar-refractivity contribution in [1.29, 1.82) is 0 Å². The Morgan fingerprint density at radius 2 is 1.80 bits per heavy atom. The lowest BCUT2D eigenvalue weighted by Gasteiger charge is -2.13. The van der Waals surface area contributed by atoms with Gasteiger partial charge in [-0.2, -0.15) is 0 Å². The Hall–Kier alpha value is -1.49. The molecule has 1 saturated carbocycles. The van der Waals surface area contributed by atoms with Crippen molar-refractivity contribution in [3.8, 4) is 0 Å². The van der Waals surface area contributed by atoms with E-state index in [2.05, 4.69) is 0 Å². The summed E-state index contributed by atoms with van der Waals surface area (Å²) in [5.41, 5.74) is 1.63. The van der Waals surface area contributed by atoms with Crippen molar-refractivity contribution in [3.63, 3.8) is 0 Å². The highest BCUT2D eigenvalue weighted by molar-refractivity contribution is 7.98. The summed E-state index contributed by atoms with van der Waals surface area (Å²) in [5.74, 6) is 1.16. The zero-order valence-electron chi connectivity index (χ0n) is 13.4. The molecule has 0 spiro atoms. The van der Waals surface area contributed by atoms with Crippen LogP contribution in [0.3, 0.4) is 0 Å². The second kappa shape index (κ2) is 7.02. The number of halogens is 2. The van der Waals surface area contributed by atoms with Crippen LogP contribution in [0.25, 0.3) is 10.9 Å². The van der Waals surface area contributed by atoms with Crippen LogP contribution in [-0.4, -0.2) is 9.55 Å². The van der Waals surface area contributed by atoms with Gasteiger partial charge in [-0.15, -0.1) is 0 Å². The molecule has 0 amide bonds. The summed E-state index contributed by atoms with van der Waals surface area (Å²) in [6.45, 7) is 0.731. The Morgan fingerprint density at radius 3 is 2.52 bits per heavy atom. The molecule has 0 N–H and O–H groups in total. The molecule has 0 bridgehead atoms. The summed E-state index contributed by atoms with van der Waals surface area (Å²) in [6.07, 6.45) is 2.36. The fraction of sp³-hybridized carbons (Fsp3) is 0.263. The van der Waals surface area contributed by atoms with E-state index in [9.17, 15) is 4.79 Å². The Labute approximate surface area is 160 Å². The zero-order chi connectivity index (χ0) is 17.4. The molecule has 25 heavy (non-hydrogen) atoms. The van der Waals surface area contributed by atoms with Crippen molar-refractivity contribution in [1.82, 2.24) is 9.55 Å². The van der Waals surface area contributed by atoms with Crippen molar-refractivity contribution in [2.75, 3.05) is 0 Å². The van der Waals surface area contributed by atoms with Gasteiger partial charge in [0.1, 0.15) is 0 Å². The van der Waals surface area contributed by atoms with E-state index in [0.717, 1.165) is 22.8 Å². The predicted molar refractivity (Wildman–Crippen MR) is 105 cm³/mol. The fourth-order valence-electron chi connectivity index (χ4n) is 2.78. The number of benzene rings is 2. The van der Waals surface area contributed by atoms with Gasteiger partial charge in [-0.05, 0) is 48.6 Å². The Bertz CT molecular complexity index is 978. The third kappa shape index (κ3) is 3.57. The topological polar surface area (TPSA) is 34.9 Å². The van der Waals surface area contributed by atoms with Crippen molar-refractivity contribution in [3.05, 3.63) is 68.4 Å². The number of rotatable bonds is 5. The molecule has 128 valence electrons. The molecule has 1 fully saturated rings. The van der Waals surface area contributed by atoms with E-state index in [1.54, 1.807) is 0 Å². The first kappa shape index (κ1) is 17.0. The highest BCUT2D eigenvalue weighted by Crippen LogP contribution is 2.34. The first-order valence-electron chi connectivity index (χ1n) is 8.19. The molecule has 0 saturated heterocycles. The van der Waals surface area contributed by atoms with E-state index < -0.39 is 0 Å². The zero-order valence-corrected chi connectivity index (χ0v) is 15.7. The van der Waals surface area contributed by atoms with E-state index in [1.807, 2.05) is 47.0 Å². The number of para-hydroxylation sites is 1. The number of thioether (sulfide) groups is 1. The average molecular weight is 391 g/mol. The highest BCUT2D eigenvalue weighted by Gasteiger charge is 2.24. The summed E-state index contributed by atoms with van der Waals surface area (Å²) in [4.78, 5) is 17.6. The van der Waals surface area contributed by atoms with Crippen LogP contribution < -0.4 is 5.56 Å². The Balaban J connectivity index is 1.73. The fourth-order valence-corrected chi connectivity index (χ4v) is 4.53. The number of aromatic nitrogens is 2. The molecule has 1 aliphatic rings. The van der Waals surface area contributed by atoms with Gasteiger partial charge in [-0.3, -0.25) is 9.36 Å². The van der Waals surface area contributed by atoms with Gasteiger partial charge in [0.15, 0.2) is 5.16 Å². The lowest BCUT2D eigenvalue weighted by Crippen LogP contribution is -2.24. The number of nitrogens with zero attached hydrogens (tertiary/aromatic N) is 2. The molecule has 6 heteroatoms. The first-order chi connectivity index (χ1) is 12.1. The van der Waals surface area contributed by atoms with Gasteiger partial charge in [0.05, 0.1) is 10.9 Å². The van der Waals surface area contributed by atoms with E-state index in [1.165, 1.54) is 24.6 Å². The van der Waals surface area contributed by atoms with Crippen LogP contribution in [0.1, 0.15) is 18.4 Å². The average Bonchev–Trinajstić information content (AvgIpc) is 3.42. The summed E-state index contributed by atoms with van der Waals surface area (Å²) in [7, 11) is 0. The van der Waals surface area contributed by atoms with Crippen molar-refractivity contribution < 1.29 is 0 Å². The smallest absolute Gasteiger partial charge is 0.262 e. The SMILES string of the molecule is O=c1c2ccccc2nc(SCc2c(Cl)cccc2Cl)n1CC1CC1. The van der Waals surface area contributed by atoms with Crippen LogP contribution in [0.15, 0.2) is 52.4 Å². The second-order valence-corrected chi connectivity index (χ2v) is 8.02. The maximum absolute atomic E-state index is 12.9. The number of hydrogen-bond donors (Lipinski definition) is 0. The van der Waals surface area contributed by atoms with Crippen molar-refractivity contribution in [2.24, 2.45) is 5.92 Å². The number of hydrogen-bond acceptors (Lipinski definition) is 3. The molecule has 1 heterocycles. The standard InChI is InChI=1S/C19H16Cl2N2OS/c20-15-5-3-6-16(21)14(15)11-25-19-22-17-7-2-1-4-13(17)18(24)23(19)10-12-8-9-12/h1-7,12H,8-11H2. The van der Waals surface area contributed by atoms with Crippen LogP contribution in [0.5, 0.6) is 0 Å². The molecule has 0 unspecified atom stereocenters. The van der Waals surface area contributed by atoms with Gasteiger partial charge in [0.2, 0.25) is 0 Å². The normalized spacial score (nSPS) is 14.2. The van der Waals surface area contributed by atoms with E-state index in [4.69, 9.17) is 28.2 Å². The predicted octanol–water partition coefficient (Wildman–Crippen LogP) is 5.41. The van der Waals surface area contributed by atoms with Crippen LogP contribution in [-0.2, 0) is 12.3 Å². The van der Waals surface area contributed by atoms with Crippen molar-refractivity contribution >= 4 is 45.9 Å². The van der Waals surface area contributed by atoms with Gasteiger partial charge >= 0.3 is 0 Å². The maximum atomic E-state index is 12.9. The minimum atomic E-state index is 0.0326. The minimum Gasteiger partial charge on any atom is -0.287 e. The Kier molecular flexibility index (Phi) is 4.76. The second-order valence-electron chi connectivity index (χ2n) is 6.26. The molecule has 0 radical (unpaired) electrons. The quantitative estimate of drug-likeness (QED) is 0.431. The molecular formula is C19H16Cl2N2OS. The van der Waals surface area contributed by atoms with Gasteiger partial charge in [0, 0.05) is 22.3 Å². The molecule has 4 rings (SSSR count). The van der Waals surface area contributed by atoms with Gasteiger partial charge < -0.3 is 0 Å². The van der Waals surface area contributed by atoms with E-state index in [-0.39, 0.29) is 5.56 Å². The van der Waals surface area contributed by atoms with E-state index in [0.29, 0.717) is 27.1 Å². The summed E-state index contributed by atoms with van der Waals surface area (Å²) < 4.78 is 1.81. The maximum Gasteiger partial charge on any atom is 0.262 e. The first-order valence-corrected chi connectivity index (χ1v) is 9.93. The molecule has 0 atom stereocenters. The molecule has 1 aliphatic carbocycles. The molecule has 1 aromatic heterocycles. The summed E-state index contributed by atoms with van der Waals surface area (Å²) in [6, 6.07) is 13.0. The monoisotopic (exact) mass is 390 g/mol. The molecular weight excluding hydrogens is 375 g/mol. The van der Waals surface area contributed by atoms with Crippen molar-refractivity contribution in [2.45, 2.75) is 30.3 Å². The van der Waals surface area contributed by atoms with Crippen LogP contribution >= 0.6 is 35.0 Å². The Morgan fingerprint density at radius 1 is 1.08 bits per heavy atom. The summed E-state index contributed by atoms with van der Waals surface area (Å²) in [5, 5.41) is 2.67. The lowest BCUT2D eigenvalue weighted by molar-refractivity contribution is 0.549. The van der Waals surface area contributed by atoms with Crippen LogP contribution in [0.4, 0.5) is 0 Å². The van der Waals surface area contributed by atoms with E-state index >= 15 is 0 Å². The largest absolute Gasteiger partial charge is 0.287 e. The molecule has 2 aromatic carbocycles. The van der Waals surface area contributed by atoms with Gasteiger partial charge in [-0.25, -0.2) is 4.98 Å². The molecule has 3 nitrogen and oxygen atoms in total. The molecule has 3 aromatic rings. The highest BCUT2D eigenvalue weighted by atomic mass is 35.5. The lowest BCUT2D eigenvalue weighted by atomic mass is 10.2. The number of fused-ring (bicyclic) bond motifs is 1. The minimum absolute atomic E-state index is 0.0326. The van der Waals surface area contributed by atoms with Crippen LogP contribution in [0, 0.1) is 5.92 Å². The van der Waals surface area contributed by atoms with Gasteiger partial charge in [0.25, 0.3) is 5.56 Å². The third-order valence-corrected chi connectivity index (χ3v) is 6.08.